The molecular weight excluding hydrogens is 208 g/mol. The SMILES string of the molecule is N=Cc1cnnc(Cc2ccsc2)c1N. The zero-order chi connectivity index (χ0) is 10.7. The second-order valence-corrected chi connectivity index (χ2v) is 3.89. The zero-order valence-corrected chi connectivity index (χ0v) is 8.79. The van der Waals surface area contributed by atoms with Gasteiger partial charge >= 0.3 is 0 Å². The van der Waals surface area contributed by atoms with Gasteiger partial charge in [0.2, 0.25) is 0 Å². The number of nitrogens with one attached hydrogen (secondary N) is 1. The molecule has 2 heterocycles. The molecule has 0 atom stereocenters. The van der Waals surface area contributed by atoms with Crippen LogP contribution in [-0.2, 0) is 6.42 Å². The highest BCUT2D eigenvalue weighted by Crippen LogP contribution is 2.17. The van der Waals surface area contributed by atoms with Crippen LogP contribution in [0.4, 0.5) is 5.69 Å². The second-order valence-electron chi connectivity index (χ2n) is 3.11. The third-order valence-corrected chi connectivity index (χ3v) is 2.84. The summed E-state index contributed by atoms with van der Waals surface area (Å²) in [5.74, 6) is 0. The Morgan fingerprint density at radius 3 is 3.07 bits per heavy atom. The first-order valence-electron chi connectivity index (χ1n) is 4.43. The van der Waals surface area contributed by atoms with E-state index in [9.17, 15) is 0 Å². The average Bonchev–Trinajstić information content (AvgIpc) is 2.74. The van der Waals surface area contributed by atoms with Crippen molar-refractivity contribution < 1.29 is 0 Å². The monoisotopic (exact) mass is 218 g/mol. The van der Waals surface area contributed by atoms with Gasteiger partial charge in [-0.3, -0.25) is 0 Å². The predicted octanol–water partition coefficient (Wildman–Crippen LogP) is 1.71. The summed E-state index contributed by atoms with van der Waals surface area (Å²) in [5.41, 5.74) is 8.93. The van der Waals surface area contributed by atoms with Gasteiger partial charge in [-0.15, -0.1) is 0 Å². The van der Waals surface area contributed by atoms with Gasteiger partial charge < -0.3 is 11.1 Å². The fraction of sp³-hybridized carbons (Fsp3) is 0.100. The van der Waals surface area contributed by atoms with Gasteiger partial charge in [0.15, 0.2) is 0 Å². The van der Waals surface area contributed by atoms with Crippen molar-refractivity contribution >= 4 is 23.2 Å². The van der Waals surface area contributed by atoms with Crippen LogP contribution in [0.2, 0.25) is 0 Å². The summed E-state index contributed by atoms with van der Waals surface area (Å²) in [4.78, 5) is 0. The van der Waals surface area contributed by atoms with E-state index in [0.717, 1.165) is 5.69 Å². The van der Waals surface area contributed by atoms with E-state index in [-0.39, 0.29) is 0 Å². The molecule has 5 heteroatoms. The molecule has 15 heavy (non-hydrogen) atoms. The molecule has 0 aliphatic rings. The number of nitrogens with zero attached hydrogens (tertiary/aromatic N) is 2. The minimum absolute atomic E-state index is 0.547. The molecule has 0 aliphatic heterocycles. The predicted molar refractivity (Wildman–Crippen MR) is 61.5 cm³/mol. The van der Waals surface area contributed by atoms with Crippen LogP contribution in [0.5, 0.6) is 0 Å². The number of rotatable bonds is 3. The molecule has 3 N–H and O–H groups in total. The maximum absolute atomic E-state index is 7.16. The molecule has 0 radical (unpaired) electrons. The van der Waals surface area contributed by atoms with Gasteiger partial charge in [-0.2, -0.15) is 21.5 Å². The van der Waals surface area contributed by atoms with Gasteiger partial charge in [0.25, 0.3) is 0 Å². The molecule has 0 amide bonds. The highest BCUT2D eigenvalue weighted by molar-refractivity contribution is 7.07. The van der Waals surface area contributed by atoms with E-state index in [1.54, 1.807) is 11.3 Å². The maximum atomic E-state index is 7.16. The third kappa shape index (κ3) is 2.02. The van der Waals surface area contributed by atoms with Gasteiger partial charge in [-0.05, 0) is 22.4 Å². The van der Waals surface area contributed by atoms with Gasteiger partial charge in [0.05, 0.1) is 17.6 Å². The van der Waals surface area contributed by atoms with Crippen LogP contribution in [0.15, 0.2) is 23.0 Å². The summed E-state index contributed by atoms with van der Waals surface area (Å²) in [6.45, 7) is 0. The number of hydrogen-bond donors (Lipinski definition) is 2. The highest BCUT2D eigenvalue weighted by Gasteiger charge is 2.06. The molecule has 0 saturated heterocycles. The lowest BCUT2D eigenvalue weighted by Gasteiger charge is -2.04. The Morgan fingerprint density at radius 2 is 2.40 bits per heavy atom. The van der Waals surface area contributed by atoms with Crippen molar-refractivity contribution in [2.24, 2.45) is 0 Å². The Hall–Kier alpha value is -1.75. The van der Waals surface area contributed by atoms with Crippen molar-refractivity contribution in [3.8, 4) is 0 Å². The van der Waals surface area contributed by atoms with E-state index in [2.05, 4.69) is 15.6 Å². The van der Waals surface area contributed by atoms with Crippen molar-refractivity contribution in [3.05, 3.63) is 39.8 Å². The third-order valence-electron chi connectivity index (χ3n) is 2.10. The van der Waals surface area contributed by atoms with Crippen molar-refractivity contribution in [1.29, 1.82) is 5.41 Å². The van der Waals surface area contributed by atoms with Crippen LogP contribution >= 0.6 is 11.3 Å². The number of aromatic nitrogens is 2. The van der Waals surface area contributed by atoms with E-state index in [4.69, 9.17) is 11.1 Å². The molecular formula is C10H10N4S. The summed E-state index contributed by atoms with van der Waals surface area (Å²) in [6.07, 6.45) is 3.37. The average molecular weight is 218 g/mol. The number of anilines is 1. The fourth-order valence-electron chi connectivity index (χ4n) is 1.28. The van der Waals surface area contributed by atoms with E-state index in [0.29, 0.717) is 17.7 Å². The Bertz CT molecular complexity index is 464. The van der Waals surface area contributed by atoms with Crippen molar-refractivity contribution in [1.82, 2.24) is 10.2 Å². The van der Waals surface area contributed by atoms with Crippen LogP contribution in [0.3, 0.4) is 0 Å². The Labute approximate surface area is 91.3 Å². The zero-order valence-electron chi connectivity index (χ0n) is 7.97. The summed E-state index contributed by atoms with van der Waals surface area (Å²) in [7, 11) is 0. The summed E-state index contributed by atoms with van der Waals surface area (Å²) in [6, 6.07) is 2.03. The molecule has 0 aromatic carbocycles. The lowest BCUT2D eigenvalue weighted by atomic mass is 10.1. The smallest absolute Gasteiger partial charge is 0.0910 e. The quantitative estimate of drug-likeness (QED) is 0.770. The number of hydrogen-bond acceptors (Lipinski definition) is 5. The highest BCUT2D eigenvalue weighted by atomic mass is 32.1. The molecule has 2 rings (SSSR count). The van der Waals surface area contributed by atoms with E-state index in [1.807, 2.05) is 11.4 Å². The molecule has 2 aromatic heterocycles. The molecule has 2 aromatic rings. The topological polar surface area (TPSA) is 75.7 Å². The number of nitrogens with two attached hydrogens (primary N) is 1. The lowest BCUT2D eigenvalue weighted by Crippen LogP contribution is -2.04. The molecule has 4 nitrogen and oxygen atoms in total. The van der Waals surface area contributed by atoms with E-state index >= 15 is 0 Å². The first kappa shape index (κ1) is 9.79. The first-order valence-corrected chi connectivity index (χ1v) is 5.37. The van der Waals surface area contributed by atoms with Crippen LogP contribution < -0.4 is 5.73 Å². The van der Waals surface area contributed by atoms with Crippen LogP contribution in [0, 0.1) is 5.41 Å². The molecule has 0 bridgehead atoms. The molecule has 0 fully saturated rings. The van der Waals surface area contributed by atoms with Crippen molar-refractivity contribution in [2.45, 2.75) is 6.42 Å². The molecule has 0 aliphatic carbocycles. The summed E-state index contributed by atoms with van der Waals surface area (Å²) in [5, 5.41) is 19.0. The van der Waals surface area contributed by atoms with Gasteiger partial charge in [-0.25, -0.2) is 0 Å². The van der Waals surface area contributed by atoms with Gasteiger partial charge in [-0.1, -0.05) is 0 Å². The molecule has 0 unspecified atom stereocenters. The van der Waals surface area contributed by atoms with Crippen molar-refractivity contribution in [3.63, 3.8) is 0 Å². The van der Waals surface area contributed by atoms with E-state index < -0.39 is 0 Å². The molecule has 0 spiro atoms. The second kappa shape index (κ2) is 4.18. The largest absolute Gasteiger partial charge is 0.397 e. The van der Waals surface area contributed by atoms with Gasteiger partial charge in [0.1, 0.15) is 0 Å². The van der Waals surface area contributed by atoms with Crippen LogP contribution in [-0.4, -0.2) is 16.4 Å². The van der Waals surface area contributed by atoms with Crippen molar-refractivity contribution in [2.75, 3.05) is 5.73 Å². The molecule has 0 saturated carbocycles. The molecule has 76 valence electrons. The lowest BCUT2D eigenvalue weighted by molar-refractivity contribution is 0.941. The van der Waals surface area contributed by atoms with Gasteiger partial charge in [0, 0.05) is 18.2 Å². The first-order chi connectivity index (χ1) is 7.31. The minimum Gasteiger partial charge on any atom is -0.397 e. The van der Waals surface area contributed by atoms with Crippen LogP contribution in [0.25, 0.3) is 0 Å². The standard InChI is InChI=1S/C10H10N4S/c11-4-8-5-13-14-9(10(8)12)3-7-1-2-15-6-7/h1-2,4-6,11H,3H2,(H2,12,13). The number of nitrogen functional groups attached to an aromatic ring is 1. The Kier molecular flexibility index (Phi) is 2.73. The fourth-order valence-corrected chi connectivity index (χ4v) is 1.95. The Morgan fingerprint density at radius 1 is 1.53 bits per heavy atom. The summed E-state index contributed by atoms with van der Waals surface area (Å²) >= 11 is 1.64. The summed E-state index contributed by atoms with van der Waals surface area (Å²) < 4.78 is 0. The maximum Gasteiger partial charge on any atom is 0.0910 e. The van der Waals surface area contributed by atoms with Crippen LogP contribution in [0.1, 0.15) is 16.8 Å². The van der Waals surface area contributed by atoms with E-state index in [1.165, 1.54) is 18.0 Å². The Balaban J connectivity index is 2.33. The minimum atomic E-state index is 0.547. The number of thiophene rings is 1. The normalized spacial score (nSPS) is 10.1.